The first kappa shape index (κ1) is 16.0. The average molecular weight is 340 g/mol. The molecule has 1 aromatic carbocycles. The minimum atomic E-state index is 0.0266. The SMILES string of the molecule is CSc1ccc([C@@]2(c3ccc(C)c(=O)[nH]3)C[C@H]2C2CCCC2)cc1. The van der Waals surface area contributed by atoms with Crippen LogP contribution in [0.5, 0.6) is 0 Å². The fraction of sp³-hybridized carbons (Fsp3) is 0.476. The van der Waals surface area contributed by atoms with E-state index in [9.17, 15) is 4.79 Å². The normalized spacial score (nSPS) is 26.7. The number of hydrogen-bond acceptors (Lipinski definition) is 2. The fourth-order valence-electron chi connectivity index (χ4n) is 4.71. The number of aromatic nitrogens is 1. The van der Waals surface area contributed by atoms with Crippen LogP contribution in [0.25, 0.3) is 0 Å². The Kier molecular flexibility index (Phi) is 4.07. The molecule has 1 N–H and O–H groups in total. The van der Waals surface area contributed by atoms with Gasteiger partial charge in [0.15, 0.2) is 0 Å². The number of aromatic amines is 1. The van der Waals surface area contributed by atoms with Crippen molar-refractivity contribution in [3.63, 3.8) is 0 Å². The molecule has 2 atom stereocenters. The van der Waals surface area contributed by atoms with Crippen LogP contribution < -0.4 is 5.56 Å². The molecule has 0 radical (unpaired) electrons. The molecule has 4 rings (SSSR count). The quantitative estimate of drug-likeness (QED) is 0.804. The molecule has 2 nitrogen and oxygen atoms in total. The van der Waals surface area contributed by atoms with Crippen molar-refractivity contribution in [1.82, 2.24) is 4.98 Å². The van der Waals surface area contributed by atoms with Crippen molar-refractivity contribution in [2.45, 2.75) is 49.3 Å². The first-order chi connectivity index (χ1) is 11.6. The maximum atomic E-state index is 12.2. The van der Waals surface area contributed by atoms with Crippen molar-refractivity contribution in [3.8, 4) is 0 Å². The third-order valence-corrected chi connectivity index (χ3v) is 6.92. The van der Waals surface area contributed by atoms with Crippen molar-refractivity contribution in [2.24, 2.45) is 11.8 Å². The Morgan fingerprint density at radius 2 is 1.79 bits per heavy atom. The largest absolute Gasteiger partial charge is 0.325 e. The zero-order valence-corrected chi connectivity index (χ0v) is 15.3. The van der Waals surface area contributed by atoms with Crippen molar-refractivity contribution in [2.75, 3.05) is 6.26 Å². The van der Waals surface area contributed by atoms with E-state index < -0.39 is 0 Å². The first-order valence-corrected chi connectivity index (χ1v) is 10.2. The second-order valence-corrected chi connectivity index (χ2v) is 8.32. The van der Waals surface area contributed by atoms with Gasteiger partial charge in [-0.2, -0.15) is 0 Å². The van der Waals surface area contributed by atoms with Crippen LogP contribution in [0.4, 0.5) is 0 Å². The monoisotopic (exact) mass is 339 g/mol. The molecule has 126 valence electrons. The van der Waals surface area contributed by atoms with E-state index in [4.69, 9.17) is 0 Å². The topological polar surface area (TPSA) is 32.9 Å². The minimum Gasteiger partial charge on any atom is -0.325 e. The Labute approximate surface area is 148 Å². The van der Waals surface area contributed by atoms with Gasteiger partial charge in [0, 0.05) is 21.6 Å². The summed E-state index contributed by atoms with van der Waals surface area (Å²) in [5.41, 5.74) is 3.37. The van der Waals surface area contributed by atoms with E-state index in [1.165, 1.54) is 42.6 Å². The van der Waals surface area contributed by atoms with Crippen LogP contribution in [0.3, 0.4) is 0 Å². The van der Waals surface area contributed by atoms with E-state index in [2.05, 4.69) is 41.6 Å². The van der Waals surface area contributed by atoms with Crippen LogP contribution in [-0.2, 0) is 5.41 Å². The van der Waals surface area contributed by atoms with Crippen LogP contribution >= 0.6 is 11.8 Å². The molecule has 3 heteroatoms. The van der Waals surface area contributed by atoms with E-state index in [-0.39, 0.29) is 11.0 Å². The Balaban J connectivity index is 1.77. The average Bonchev–Trinajstić information content (AvgIpc) is 3.13. The van der Waals surface area contributed by atoms with Gasteiger partial charge in [0.25, 0.3) is 5.56 Å². The van der Waals surface area contributed by atoms with Gasteiger partial charge >= 0.3 is 0 Å². The number of H-pyrrole nitrogens is 1. The molecular formula is C21H25NOS. The summed E-state index contributed by atoms with van der Waals surface area (Å²) < 4.78 is 0. The van der Waals surface area contributed by atoms with Crippen LogP contribution in [0.1, 0.15) is 48.9 Å². The number of benzene rings is 1. The first-order valence-electron chi connectivity index (χ1n) is 9.00. The molecule has 0 amide bonds. The lowest BCUT2D eigenvalue weighted by atomic mass is 9.84. The summed E-state index contributed by atoms with van der Waals surface area (Å²) in [6, 6.07) is 13.1. The molecular weight excluding hydrogens is 314 g/mol. The third kappa shape index (κ3) is 2.54. The molecule has 0 saturated heterocycles. The second-order valence-electron chi connectivity index (χ2n) is 7.44. The number of pyridine rings is 1. The van der Waals surface area contributed by atoms with Crippen molar-refractivity contribution < 1.29 is 0 Å². The van der Waals surface area contributed by atoms with Crippen molar-refractivity contribution in [3.05, 3.63) is 63.6 Å². The van der Waals surface area contributed by atoms with E-state index >= 15 is 0 Å². The number of rotatable bonds is 4. The lowest BCUT2D eigenvalue weighted by molar-refractivity contribution is 0.442. The minimum absolute atomic E-state index is 0.0266. The van der Waals surface area contributed by atoms with E-state index in [1.807, 2.05) is 13.0 Å². The van der Waals surface area contributed by atoms with Gasteiger partial charge in [-0.05, 0) is 55.2 Å². The van der Waals surface area contributed by atoms with Gasteiger partial charge < -0.3 is 4.98 Å². The molecule has 2 aliphatic carbocycles. The summed E-state index contributed by atoms with van der Waals surface area (Å²) in [4.78, 5) is 16.7. The molecule has 2 aromatic rings. The Bertz CT molecular complexity index is 788. The summed E-state index contributed by atoms with van der Waals surface area (Å²) in [5, 5.41) is 0. The highest BCUT2D eigenvalue weighted by molar-refractivity contribution is 7.98. The zero-order valence-electron chi connectivity index (χ0n) is 14.5. The Morgan fingerprint density at radius 1 is 1.08 bits per heavy atom. The highest BCUT2D eigenvalue weighted by atomic mass is 32.2. The summed E-state index contributed by atoms with van der Waals surface area (Å²) in [6.07, 6.45) is 8.73. The van der Waals surface area contributed by atoms with Gasteiger partial charge in [-0.15, -0.1) is 11.8 Å². The number of nitrogens with one attached hydrogen (secondary N) is 1. The van der Waals surface area contributed by atoms with E-state index in [0.717, 1.165) is 17.2 Å². The molecule has 1 heterocycles. The number of hydrogen-bond donors (Lipinski definition) is 1. The van der Waals surface area contributed by atoms with Gasteiger partial charge in [-0.25, -0.2) is 0 Å². The lowest BCUT2D eigenvalue weighted by Crippen LogP contribution is -2.22. The second kappa shape index (κ2) is 6.11. The standard InChI is InChI=1S/C21H25NOS/c1-14-7-12-19(22-20(14)23)21(13-18(21)15-5-3-4-6-15)16-8-10-17(24-2)11-9-16/h7-12,15,18H,3-6,13H2,1-2H3,(H,22,23)/t18-,21-/m0/s1. The van der Waals surface area contributed by atoms with Crippen molar-refractivity contribution >= 4 is 11.8 Å². The molecule has 2 fully saturated rings. The van der Waals surface area contributed by atoms with Crippen LogP contribution in [0.15, 0.2) is 46.1 Å². The molecule has 0 bridgehead atoms. The Morgan fingerprint density at radius 3 is 2.42 bits per heavy atom. The molecule has 24 heavy (non-hydrogen) atoms. The van der Waals surface area contributed by atoms with Crippen LogP contribution in [0, 0.1) is 18.8 Å². The maximum Gasteiger partial charge on any atom is 0.251 e. The third-order valence-electron chi connectivity index (χ3n) is 6.18. The van der Waals surface area contributed by atoms with Gasteiger partial charge in [0.05, 0.1) is 0 Å². The van der Waals surface area contributed by atoms with Crippen molar-refractivity contribution in [1.29, 1.82) is 0 Å². The summed E-state index contributed by atoms with van der Waals surface area (Å²) in [7, 11) is 0. The predicted octanol–water partition coefficient (Wildman–Crippen LogP) is 4.90. The molecule has 0 spiro atoms. The smallest absolute Gasteiger partial charge is 0.251 e. The Hall–Kier alpha value is -1.48. The molecule has 0 aliphatic heterocycles. The highest BCUT2D eigenvalue weighted by Crippen LogP contribution is 2.63. The zero-order chi connectivity index (χ0) is 16.7. The van der Waals surface area contributed by atoms with E-state index in [1.54, 1.807) is 11.8 Å². The van der Waals surface area contributed by atoms with Crippen LogP contribution in [0.2, 0.25) is 0 Å². The highest BCUT2D eigenvalue weighted by Gasteiger charge is 2.60. The van der Waals surface area contributed by atoms with E-state index in [0.29, 0.717) is 5.92 Å². The fourth-order valence-corrected chi connectivity index (χ4v) is 5.12. The molecule has 2 aliphatic rings. The molecule has 2 saturated carbocycles. The van der Waals surface area contributed by atoms with Gasteiger partial charge in [0.2, 0.25) is 0 Å². The summed E-state index contributed by atoms with van der Waals surface area (Å²) >= 11 is 1.78. The van der Waals surface area contributed by atoms with Crippen LogP contribution in [-0.4, -0.2) is 11.2 Å². The maximum absolute atomic E-state index is 12.2. The predicted molar refractivity (Wildman–Crippen MR) is 101 cm³/mol. The lowest BCUT2D eigenvalue weighted by Gasteiger charge is -2.22. The van der Waals surface area contributed by atoms with Gasteiger partial charge in [0.1, 0.15) is 0 Å². The summed E-state index contributed by atoms with van der Waals surface area (Å²) in [6.45, 7) is 1.88. The molecule has 0 unspecified atom stereocenters. The number of aryl methyl sites for hydroxylation is 1. The summed E-state index contributed by atoms with van der Waals surface area (Å²) in [5.74, 6) is 1.49. The van der Waals surface area contributed by atoms with Gasteiger partial charge in [-0.3, -0.25) is 4.79 Å². The number of thioether (sulfide) groups is 1. The van der Waals surface area contributed by atoms with Gasteiger partial charge in [-0.1, -0.05) is 43.9 Å². The molecule has 1 aromatic heterocycles.